The maximum absolute atomic E-state index is 12.1. The third-order valence-electron chi connectivity index (χ3n) is 2.95. The molecule has 2 N–H and O–H groups in total. The van der Waals surface area contributed by atoms with Crippen LogP contribution in [0.3, 0.4) is 0 Å². The number of carbonyl (C=O) groups is 3. The molecule has 0 spiro atoms. The average Bonchev–Trinajstić information content (AvgIpc) is 3.16. The van der Waals surface area contributed by atoms with E-state index >= 15 is 0 Å². The summed E-state index contributed by atoms with van der Waals surface area (Å²) in [5, 5.41) is 11.6. The first-order valence-corrected chi connectivity index (χ1v) is 6.81. The van der Waals surface area contributed by atoms with Gasteiger partial charge in [0.1, 0.15) is 13.1 Å². The van der Waals surface area contributed by atoms with E-state index in [2.05, 4.69) is 5.32 Å². The standard InChI is InChI=1S/C13H23N3O4/c1-9(2)6-14-11(17)7-15(3)13(20)16(8-12(18)19)10-4-5-10/h9-10H,4-8H2,1-3H3,(H,14,17)(H,18,19). The van der Waals surface area contributed by atoms with Crippen LogP contribution in [0.4, 0.5) is 4.79 Å². The molecule has 1 saturated carbocycles. The van der Waals surface area contributed by atoms with Gasteiger partial charge in [-0.1, -0.05) is 13.8 Å². The number of carboxylic acid groups (broad SMARTS) is 1. The van der Waals surface area contributed by atoms with Crippen molar-refractivity contribution in [3.8, 4) is 0 Å². The van der Waals surface area contributed by atoms with Crippen LogP contribution in [0, 0.1) is 5.92 Å². The lowest BCUT2D eigenvalue weighted by Crippen LogP contribution is -2.48. The molecule has 20 heavy (non-hydrogen) atoms. The molecule has 0 aromatic carbocycles. The fraction of sp³-hybridized carbons (Fsp3) is 0.769. The van der Waals surface area contributed by atoms with E-state index in [1.165, 1.54) is 16.8 Å². The molecule has 0 saturated heterocycles. The molecule has 114 valence electrons. The fourth-order valence-corrected chi connectivity index (χ4v) is 1.76. The van der Waals surface area contributed by atoms with E-state index in [0.717, 1.165) is 12.8 Å². The number of urea groups is 1. The predicted molar refractivity (Wildman–Crippen MR) is 73.2 cm³/mol. The summed E-state index contributed by atoms with van der Waals surface area (Å²) in [5.41, 5.74) is 0. The molecule has 0 atom stereocenters. The quantitative estimate of drug-likeness (QED) is 0.706. The van der Waals surface area contributed by atoms with Gasteiger partial charge in [0.05, 0.1) is 0 Å². The zero-order valence-electron chi connectivity index (χ0n) is 12.3. The molecule has 7 heteroatoms. The van der Waals surface area contributed by atoms with Gasteiger partial charge in [-0.2, -0.15) is 0 Å². The summed E-state index contributed by atoms with van der Waals surface area (Å²) < 4.78 is 0. The van der Waals surface area contributed by atoms with Crippen molar-refractivity contribution in [2.75, 3.05) is 26.7 Å². The van der Waals surface area contributed by atoms with E-state index in [0.29, 0.717) is 12.5 Å². The molecular formula is C13H23N3O4. The molecule has 0 aromatic rings. The summed E-state index contributed by atoms with van der Waals surface area (Å²) in [4.78, 5) is 37.2. The molecule has 0 aliphatic heterocycles. The van der Waals surface area contributed by atoms with Crippen LogP contribution < -0.4 is 5.32 Å². The van der Waals surface area contributed by atoms with Crippen molar-refractivity contribution in [1.29, 1.82) is 0 Å². The van der Waals surface area contributed by atoms with E-state index in [4.69, 9.17) is 5.11 Å². The van der Waals surface area contributed by atoms with Crippen LogP contribution in [-0.4, -0.2) is 65.5 Å². The Morgan fingerprint density at radius 1 is 1.25 bits per heavy atom. The number of carbonyl (C=O) groups excluding carboxylic acids is 2. The fourth-order valence-electron chi connectivity index (χ4n) is 1.76. The molecule has 7 nitrogen and oxygen atoms in total. The Morgan fingerprint density at radius 2 is 1.85 bits per heavy atom. The zero-order valence-corrected chi connectivity index (χ0v) is 12.3. The topological polar surface area (TPSA) is 90.0 Å². The first-order chi connectivity index (χ1) is 9.31. The number of hydrogen-bond donors (Lipinski definition) is 2. The minimum Gasteiger partial charge on any atom is -0.480 e. The van der Waals surface area contributed by atoms with Crippen molar-refractivity contribution in [3.63, 3.8) is 0 Å². The molecule has 0 unspecified atom stereocenters. The van der Waals surface area contributed by atoms with Gasteiger partial charge < -0.3 is 20.2 Å². The van der Waals surface area contributed by atoms with Gasteiger partial charge in [-0.05, 0) is 18.8 Å². The van der Waals surface area contributed by atoms with Crippen LogP contribution in [0.25, 0.3) is 0 Å². The number of amides is 3. The Hall–Kier alpha value is -1.79. The van der Waals surface area contributed by atoms with Crippen LogP contribution in [0.15, 0.2) is 0 Å². The highest BCUT2D eigenvalue weighted by Gasteiger charge is 2.35. The first kappa shape index (κ1) is 16.3. The highest BCUT2D eigenvalue weighted by atomic mass is 16.4. The van der Waals surface area contributed by atoms with Crippen LogP contribution in [0.1, 0.15) is 26.7 Å². The second-order valence-electron chi connectivity index (χ2n) is 5.59. The lowest BCUT2D eigenvalue weighted by Gasteiger charge is -2.26. The van der Waals surface area contributed by atoms with Crippen molar-refractivity contribution in [1.82, 2.24) is 15.1 Å². The Morgan fingerprint density at radius 3 is 2.30 bits per heavy atom. The van der Waals surface area contributed by atoms with Gasteiger partial charge in [-0.25, -0.2) is 4.79 Å². The Bertz CT molecular complexity index is 380. The highest BCUT2D eigenvalue weighted by Crippen LogP contribution is 2.27. The minimum absolute atomic E-state index is 0.000208. The number of rotatable bonds is 7. The van der Waals surface area contributed by atoms with Crippen molar-refractivity contribution in [2.24, 2.45) is 5.92 Å². The zero-order chi connectivity index (χ0) is 15.3. The summed E-state index contributed by atoms with van der Waals surface area (Å²) in [6.45, 7) is 4.14. The number of likely N-dealkylation sites (N-methyl/N-ethyl adjacent to an activating group) is 1. The predicted octanol–water partition coefficient (Wildman–Crippen LogP) is 0.359. The number of hydrogen-bond acceptors (Lipinski definition) is 3. The molecule has 0 aromatic heterocycles. The van der Waals surface area contributed by atoms with Crippen molar-refractivity contribution in [3.05, 3.63) is 0 Å². The van der Waals surface area contributed by atoms with Gasteiger partial charge in [-0.3, -0.25) is 9.59 Å². The molecule has 0 bridgehead atoms. The molecular weight excluding hydrogens is 262 g/mol. The summed E-state index contributed by atoms with van der Waals surface area (Å²) in [6.07, 6.45) is 1.65. The van der Waals surface area contributed by atoms with Gasteiger partial charge in [0, 0.05) is 19.6 Å². The van der Waals surface area contributed by atoms with Crippen LogP contribution in [-0.2, 0) is 9.59 Å². The van der Waals surface area contributed by atoms with Crippen molar-refractivity contribution < 1.29 is 19.5 Å². The number of carboxylic acids is 1. The molecule has 1 aliphatic carbocycles. The van der Waals surface area contributed by atoms with Crippen molar-refractivity contribution in [2.45, 2.75) is 32.7 Å². The monoisotopic (exact) mass is 285 g/mol. The van der Waals surface area contributed by atoms with Crippen LogP contribution in [0.5, 0.6) is 0 Å². The van der Waals surface area contributed by atoms with E-state index in [9.17, 15) is 14.4 Å². The SMILES string of the molecule is CC(C)CNC(=O)CN(C)C(=O)N(CC(=O)O)C1CC1. The number of nitrogens with zero attached hydrogens (tertiary/aromatic N) is 2. The largest absolute Gasteiger partial charge is 0.480 e. The smallest absolute Gasteiger partial charge is 0.323 e. The third kappa shape index (κ3) is 5.46. The maximum atomic E-state index is 12.1. The normalized spacial score (nSPS) is 14.0. The second kappa shape index (κ2) is 7.12. The summed E-state index contributed by atoms with van der Waals surface area (Å²) in [5.74, 6) is -0.932. The Kier molecular flexibility index (Phi) is 5.79. The Balaban J connectivity index is 2.47. The van der Waals surface area contributed by atoms with E-state index in [1.807, 2.05) is 13.8 Å². The van der Waals surface area contributed by atoms with Gasteiger partial charge in [0.2, 0.25) is 5.91 Å². The number of aliphatic carboxylic acids is 1. The van der Waals surface area contributed by atoms with E-state index < -0.39 is 12.0 Å². The molecule has 1 rings (SSSR count). The minimum atomic E-state index is -1.04. The summed E-state index contributed by atoms with van der Waals surface area (Å²) in [6, 6.07) is -0.408. The molecule has 1 aliphatic rings. The van der Waals surface area contributed by atoms with Crippen molar-refractivity contribution >= 4 is 17.9 Å². The van der Waals surface area contributed by atoms with Gasteiger partial charge in [-0.15, -0.1) is 0 Å². The molecule has 0 heterocycles. The molecule has 0 radical (unpaired) electrons. The highest BCUT2D eigenvalue weighted by molar-refractivity contribution is 5.85. The first-order valence-electron chi connectivity index (χ1n) is 6.81. The van der Waals surface area contributed by atoms with Crippen LogP contribution in [0.2, 0.25) is 0 Å². The lowest BCUT2D eigenvalue weighted by atomic mass is 10.2. The maximum Gasteiger partial charge on any atom is 0.323 e. The molecule has 3 amide bonds. The van der Waals surface area contributed by atoms with Gasteiger partial charge >= 0.3 is 12.0 Å². The average molecular weight is 285 g/mol. The van der Waals surface area contributed by atoms with Crippen LogP contribution >= 0.6 is 0 Å². The Labute approximate surface area is 118 Å². The van der Waals surface area contributed by atoms with E-state index in [1.54, 1.807) is 0 Å². The van der Waals surface area contributed by atoms with Gasteiger partial charge in [0.25, 0.3) is 0 Å². The second-order valence-corrected chi connectivity index (χ2v) is 5.59. The summed E-state index contributed by atoms with van der Waals surface area (Å²) in [7, 11) is 1.51. The summed E-state index contributed by atoms with van der Waals surface area (Å²) >= 11 is 0. The van der Waals surface area contributed by atoms with Gasteiger partial charge in [0.15, 0.2) is 0 Å². The number of nitrogens with one attached hydrogen (secondary N) is 1. The molecule has 1 fully saturated rings. The van der Waals surface area contributed by atoms with E-state index in [-0.39, 0.29) is 25.0 Å². The lowest BCUT2D eigenvalue weighted by molar-refractivity contribution is -0.137. The third-order valence-corrected chi connectivity index (χ3v) is 2.95.